The molecule has 2 saturated heterocycles. The predicted octanol–water partition coefficient (Wildman–Crippen LogP) is 2.15. The van der Waals surface area contributed by atoms with Gasteiger partial charge in [0.25, 0.3) is 0 Å². The van der Waals surface area contributed by atoms with Crippen LogP contribution in [-0.4, -0.2) is 72.6 Å². The van der Waals surface area contributed by atoms with Crippen LogP contribution in [0.2, 0.25) is 0 Å². The van der Waals surface area contributed by atoms with Gasteiger partial charge in [-0.25, -0.2) is 13.8 Å². The number of cyclic esters (lactones) is 1. The molecule has 2 aliphatic rings. The summed E-state index contributed by atoms with van der Waals surface area (Å²) in [6, 6.07) is 10.7. The molecule has 1 N–H and O–H groups in total. The van der Waals surface area contributed by atoms with Gasteiger partial charge >= 0.3 is 6.09 Å². The molecule has 178 valence electrons. The number of nitrogens with zero attached hydrogens (tertiary/aromatic N) is 5. The highest BCUT2D eigenvalue weighted by Gasteiger charge is 2.33. The summed E-state index contributed by atoms with van der Waals surface area (Å²) in [5.74, 6) is -0.577. The molecule has 2 aromatic carbocycles. The molecule has 0 radical (unpaired) electrons. The highest BCUT2D eigenvalue weighted by molar-refractivity contribution is 5.90. The minimum Gasteiger partial charge on any atom is -0.442 e. The van der Waals surface area contributed by atoms with Crippen molar-refractivity contribution < 1.29 is 23.3 Å². The average molecular weight is 468 g/mol. The minimum atomic E-state index is -0.546. The lowest BCUT2D eigenvalue weighted by molar-refractivity contribution is -0.119. The summed E-state index contributed by atoms with van der Waals surface area (Å²) in [4.78, 5) is 29.0. The summed E-state index contributed by atoms with van der Waals surface area (Å²) in [5, 5.41) is 10.3. The number of halogens is 1. The molecule has 5 rings (SSSR count). The Morgan fingerprint density at radius 2 is 1.91 bits per heavy atom. The van der Waals surface area contributed by atoms with Gasteiger partial charge in [0.2, 0.25) is 5.91 Å². The van der Waals surface area contributed by atoms with E-state index in [9.17, 15) is 9.59 Å². The van der Waals surface area contributed by atoms with E-state index < -0.39 is 12.2 Å². The first-order valence-corrected chi connectivity index (χ1v) is 11.2. The molecule has 10 nitrogen and oxygen atoms in total. The number of hydrogen-bond donors (Lipinski definition) is 1. The second kappa shape index (κ2) is 9.26. The Bertz CT molecular complexity index is 1210. The number of carbonyl (C=O) groups is 2. The average Bonchev–Trinajstić information content (AvgIpc) is 3.44. The first-order chi connectivity index (χ1) is 16.5. The zero-order valence-corrected chi connectivity index (χ0v) is 18.7. The van der Waals surface area contributed by atoms with E-state index in [0.717, 1.165) is 36.2 Å². The van der Waals surface area contributed by atoms with Crippen LogP contribution in [0, 0.1) is 5.82 Å². The molecular weight excluding hydrogens is 443 g/mol. The van der Waals surface area contributed by atoms with E-state index in [1.165, 1.54) is 17.9 Å². The molecule has 2 amide bonds. The van der Waals surface area contributed by atoms with E-state index in [4.69, 9.17) is 9.37 Å². The summed E-state index contributed by atoms with van der Waals surface area (Å²) in [5.41, 5.74) is 3.55. The first-order valence-electron chi connectivity index (χ1n) is 11.2. The SMILES string of the molecule is CC(=O)NC[C@H]1CN(c2ccc(N3CCN(Cc4ccc5nonc5c4)CC3)c(F)c2)C(=O)O1. The van der Waals surface area contributed by atoms with Crippen LogP contribution in [0.1, 0.15) is 12.5 Å². The molecule has 0 spiro atoms. The third-order valence-electron chi connectivity index (χ3n) is 6.13. The molecule has 0 unspecified atom stereocenters. The third-order valence-corrected chi connectivity index (χ3v) is 6.13. The summed E-state index contributed by atoms with van der Waals surface area (Å²) < 4.78 is 25.0. The number of anilines is 2. The van der Waals surface area contributed by atoms with Gasteiger partial charge in [0.1, 0.15) is 23.0 Å². The van der Waals surface area contributed by atoms with Crippen LogP contribution in [0.4, 0.5) is 20.6 Å². The van der Waals surface area contributed by atoms with Gasteiger partial charge in [0, 0.05) is 39.6 Å². The Hall–Kier alpha value is -3.73. The van der Waals surface area contributed by atoms with Gasteiger partial charge in [-0.1, -0.05) is 6.07 Å². The first kappa shape index (κ1) is 22.1. The Morgan fingerprint density at radius 1 is 1.12 bits per heavy atom. The second-order valence-corrected chi connectivity index (χ2v) is 8.54. The quantitative estimate of drug-likeness (QED) is 0.587. The Labute approximate surface area is 195 Å². The molecule has 0 bridgehead atoms. The fraction of sp³-hybridized carbons (Fsp3) is 0.391. The van der Waals surface area contributed by atoms with Crippen molar-refractivity contribution in [1.82, 2.24) is 20.5 Å². The number of rotatable bonds is 6. The Kier molecular flexibility index (Phi) is 6.01. The predicted molar refractivity (Wildman–Crippen MR) is 122 cm³/mol. The fourth-order valence-corrected chi connectivity index (χ4v) is 4.35. The van der Waals surface area contributed by atoms with Gasteiger partial charge in [-0.15, -0.1) is 0 Å². The number of amides is 2. The number of ether oxygens (including phenoxy) is 1. The van der Waals surface area contributed by atoms with Crippen LogP contribution in [0.15, 0.2) is 41.0 Å². The highest BCUT2D eigenvalue weighted by Crippen LogP contribution is 2.28. The van der Waals surface area contributed by atoms with E-state index in [-0.39, 0.29) is 24.8 Å². The van der Waals surface area contributed by atoms with E-state index in [0.29, 0.717) is 24.5 Å². The smallest absolute Gasteiger partial charge is 0.414 e. The summed E-state index contributed by atoms with van der Waals surface area (Å²) in [6.07, 6.45) is -1.01. The standard InChI is InChI=1S/C23H25FN6O4/c1-15(31)25-12-18-14-30(23(32)33-18)17-3-5-22(19(24)11-17)29-8-6-28(7-9-29)13-16-2-4-20-21(10-16)27-34-26-20/h2-5,10-11,18H,6-9,12-14H2,1H3,(H,25,31)/t18-/m0/s1. The summed E-state index contributed by atoms with van der Waals surface area (Å²) >= 11 is 0. The van der Waals surface area contributed by atoms with Crippen LogP contribution >= 0.6 is 0 Å². The number of benzene rings is 2. The third kappa shape index (κ3) is 4.65. The van der Waals surface area contributed by atoms with Crippen molar-refractivity contribution in [3.05, 3.63) is 47.8 Å². The van der Waals surface area contributed by atoms with Gasteiger partial charge in [0.05, 0.1) is 24.5 Å². The summed E-state index contributed by atoms with van der Waals surface area (Å²) in [7, 11) is 0. The molecule has 34 heavy (non-hydrogen) atoms. The molecule has 3 aromatic rings. The van der Waals surface area contributed by atoms with E-state index in [1.54, 1.807) is 12.1 Å². The lowest BCUT2D eigenvalue weighted by Gasteiger charge is -2.36. The molecule has 2 fully saturated rings. The van der Waals surface area contributed by atoms with Crippen molar-refractivity contribution in [2.75, 3.05) is 49.1 Å². The Morgan fingerprint density at radius 3 is 2.68 bits per heavy atom. The summed E-state index contributed by atoms with van der Waals surface area (Å²) in [6.45, 7) is 5.62. The van der Waals surface area contributed by atoms with Crippen LogP contribution in [0.5, 0.6) is 0 Å². The van der Waals surface area contributed by atoms with E-state index in [2.05, 4.69) is 20.5 Å². The number of fused-ring (bicyclic) bond motifs is 1. The number of hydrogen-bond acceptors (Lipinski definition) is 8. The van der Waals surface area contributed by atoms with Crippen LogP contribution in [0.25, 0.3) is 11.0 Å². The maximum atomic E-state index is 15.0. The monoisotopic (exact) mass is 468 g/mol. The largest absolute Gasteiger partial charge is 0.442 e. The van der Waals surface area contributed by atoms with Gasteiger partial charge in [0.15, 0.2) is 0 Å². The van der Waals surface area contributed by atoms with Crippen molar-refractivity contribution in [2.45, 2.75) is 19.6 Å². The number of piperazine rings is 1. The van der Waals surface area contributed by atoms with Crippen molar-refractivity contribution in [2.24, 2.45) is 0 Å². The van der Waals surface area contributed by atoms with Gasteiger partial charge in [-0.05, 0) is 46.2 Å². The van der Waals surface area contributed by atoms with Crippen molar-refractivity contribution in [1.29, 1.82) is 0 Å². The van der Waals surface area contributed by atoms with Crippen LogP contribution < -0.4 is 15.1 Å². The zero-order valence-electron chi connectivity index (χ0n) is 18.7. The second-order valence-electron chi connectivity index (χ2n) is 8.54. The molecule has 1 atom stereocenters. The highest BCUT2D eigenvalue weighted by atomic mass is 19.1. The van der Waals surface area contributed by atoms with Crippen LogP contribution in [0.3, 0.4) is 0 Å². The maximum absolute atomic E-state index is 15.0. The molecule has 1 aromatic heterocycles. The lowest BCUT2D eigenvalue weighted by atomic mass is 10.1. The van der Waals surface area contributed by atoms with Crippen molar-refractivity contribution in [3.63, 3.8) is 0 Å². The van der Waals surface area contributed by atoms with E-state index in [1.807, 2.05) is 23.1 Å². The Balaban J connectivity index is 1.18. The molecule has 0 saturated carbocycles. The van der Waals surface area contributed by atoms with Crippen molar-refractivity contribution >= 4 is 34.4 Å². The molecule has 2 aliphatic heterocycles. The van der Waals surface area contributed by atoms with Gasteiger partial charge in [-0.2, -0.15) is 0 Å². The molecular formula is C23H25FN6O4. The topological polar surface area (TPSA) is 104 Å². The minimum absolute atomic E-state index is 0.196. The molecule has 0 aliphatic carbocycles. The van der Waals surface area contributed by atoms with Crippen molar-refractivity contribution in [3.8, 4) is 0 Å². The number of carbonyl (C=O) groups excluding carboxylic acids is 2. The molecule has 11 heteroatoms. The van der Waals surface area contributed by atoms with Gasteiger partial charge < -0.3 is 15.0 Å². The lowest BCUT2D eigenvalue weighted by Crippen LogP contribution is -2.46. The van der Waals surface area contributed by atoms with Gasteiger partial charge in [-0.3, -0.25) is 14.6 Å². The zero-order chi connectivity index (χ0) is 23.7. The maximum Gasteiger partial charge on any atom is 0.414 e. The van der Waals surface area contributed by atoms with E-state index >= 15 is 4.39 Å². The molecule has 3 heterocycles. The normalized spacial score (nSPS) is 19.0. The number of nitrogens with one attached hydrogen (secondary N) is 1. The van der Waals surface area contributed by atoms with Crippen LogP contribution in [-0.2, 0) is 16.1 Å². The fourth-order valence-electron chi connectivity index (χ4n) is 4.35. The number of aromatic nitrogens is 2.